The Morgan fingerprint density at radius 2 is 1.74 bits per heavy atom. The number of carbonyl (C=O) groups is 1. The largest absolute Gasteiger partial charge is 0.438 e. The molecule has 7 nitrogen and oxygen atoms in total. The first kappa shape index (κ1) is 20.3. The average Bonchev–Trinajstić information content (AvgIpc) is 3.13. The van der Waals surface area contributed by atoms with Crippen molar-refractivity contribution < 1.29 is 9.53 Å². The van der Waals surface area contributed by atoms with Crippen molar-refractivity contribution in [3.8, 4) is 17.4 Å². The minimum Gasteiger partial charge on any atom is -0.438 e. The predicted molar refractivity (Wildman–Crippen MR) is 119 cm³/mol. The molecule has 156 valence electrons. The Bertz CT molecular complexity index is 1150. The summed E-state index contributed by atoms with van der Waals surface area (Å²) in [6.07, 6.45) is 1.14. The van der Waals surface area contributed by atoms with Crippen LogP contribution in [0.5, 0.6) is 11.6 Å². The summed E-state index contributed by atoms with van der Waals surface area (Å²) < 4.78 is 7.49. The Kier molecular flexibility index (Phi) is 6.03. The third-order valence-electron chi connectivity index (χ3n) is 4.70. The standard InChI is InChI=1S/C24H23N5O2/c1-17-16-18(2)29(28-17)22-13-15-24(27-26-22)31-21-11-9-20(10-12-21)25-23(30)14-8-19-6-4-3-5-7-19/h3-7,9-13,15-16H,8,14H2,1-2H3,(H,25,30). The van der Waals surface area contributed by atoms with Crippen molar-refractivity contribution in [3.05, 3.63) is 89.7 Å². The fourth-order valence-corrected chi connectivity index (χ4v) is 3.19. The maximum Gasteiger partial charge on any atom is 0.238 e. The molecule has 0 radical (unpaired) electrons. The summed E-state index contributed by atoms with van der Waals surface area (Å²) in [6, 6.07) is 22.7. The number of aryl methyl sites for hydroxylation is 3. The van der Waals surface area contributed by atoms with Gasteiger partial charge in [-0.1, -0.05) is 30.3 Å². The zero-order chi connectivity index (χ0) is 21.6. The van der Waals surface area contributed by atoms with Crippen molar-refractivity contribution in [1.29, 1.82) is 0 Å². The number of amides is 1. The van der Waals surface area contributed by atoms with E-state index in [2.05, 4.69) is 20.6 Å². The van der Waals surface area contributed by atoms with Gasteiger partial charge in [0.25, 0.3) is 0 Å². The molecular weight excluding hydrogens is 390 g/mol. The molecule has 0 saturated heterocycles. The Labute approximate surface area is 180 Å². The quantitative estimate of drug-likeness (QED) is 0.477. The number of benzene rings is 2. The van der Waals surface area contributed by atoms with Gasteiger partial charge in [-0.3, -0.25) is 4.79 Å². The fraction of sp³-hybridized carbons (Fsp3) is 0.167. The normalized spacial score (nSPS) is 10.6. The van der Waals surface area contributed by atoms with Crippen molar-refractivity contribution in [3.63, 3.8) is 0 Å². The monoisotopic (exact) mass is 413 g/mol. The number of hydrogen-bond donors (Lipinski definition) is 1. The maximum absolute atomic E-state index is 12.2. The van der Waals surface area contributed by atoms with Crippen LogP contribution in [0.2, 0.25) is 0 Å². The lowest BCUT2D eigenvalue weighted by Crippen LogP contribution is -2.12. The molecule has 4 rings (SSSR count). The van der Waals surface area contributed by atoms with E-state index in [0.29, 0.717) is 30.3 Å². The highest BCUT2D eigenvalue weighted by Gasteiger charge is 2.08. The second-order valence-electron chi connectivity index (χ2n) is 7.23. The number of nitrogens with zero attached hydrogens (tertiary/aromatic N) is 4. The molecule has 2 aromatic carbocycles. The van der Waals surface area contributed by atoms with Crippen LogP contribution in [0, 0.1) is 13.8 Å². The molecule has 4 aromatic rings. The first-order valence-corrected chi connectivity index (χ1v) is 10.1. The van der Waals surface area contributed by atoms with E-state index in [-0.39, 0.29) is 5.91 Å². The maximum atomic E-state index is 12.2. The SMILES string of the molecule is Cc1cc(C)n(-c2ccc(Oc3ccc(NC(=O)CCc4ccccc4)cc3)nn2)n1. The van der Waals surface area contributed by atoms with Crippen LogP contribution in [0.1, 0.15) is 23.4 Å². The Morgan fingerprint density at radius 3 is 2.39 bits per heavy atom. The number of carbonyl (C=O) groups excluding carboxylic acids is 1. The lowest BCUT2D eigenvalue weighted by Gasteiger charge is -2.08. The van der Waals surface area contributed by atoms with E-state index in [0.717, 1.165) is 22.6 Å². The Balaban J connectivity index is 1.32. The smallest absolute Gasteiger partial charge is 0.238 e. The molecule has 0 saturated carbocycles. The van der Waals surface area contributed by atoms with E-state index < -0.39 is 0 Å². The highest BCUT2D eigenvalue weighted by atomic mass is 16.5. The number of hydrogen-bond acceptors (Lipinski definition) is 5. The Hall–Kier alpha value is -4.00. The molecule has 1 amide bonds. The van der Waals surface area contributed by atoms with Crippen molar-refractivity contribution >= 4 is 11.6 Å². The van der Waals surface area contributed by atoms with Crippen molar-refractivity contribution in [1.82, 2.24) is 20.0 Å². The van der Waals surface area contributed by atoms with Crippen LogP contribution in [0.4, 0.5) is 5.69 Å². The van der Waals surface area contributed by atoms with E-state index in [1.165, 1.54) is 0 Å². The van der Waals surface area contributed by atoms with E-state index in [1.807, 2.05) is 56.3 Å². The molecule has 0 unspecified atom stereocenters. The first-order valence-electron chi connectivity index (χ1n) is 10.1. The number of anilines is 1. The summed E-state index contributed by atoms with van der Waals surface area (Å²) in [5, 5.41) is 15.6. The number of rotatable bonds is 7. The Morgan fingerprint density at radius 1 is 0.968 bits per heavy atom. The van der Waals surface area contributed by atoms with E-state index >= 15 is 0 Å². The van der Waals surface area contributed by atoms with Crippen LogP contribution in [0.15, 0.2) is 72.8 Å². The lowest BCUT2D eigenvalue weighted by atomic mass is 10.1. The third-order valence-corrected chi connectivity index (χ3v) is 4.70. The summed E-state index contributed by atoms with van der Waals surface area (Å²) in [7, 11) is 0. The van der Waals surface area contributed by atoms with Crippen LogP contribution in [-0.4, -0.2) is 25.9 Å². The van der Waals surface area contributed by atoms with Gasteiger partial charge < -0.3 is 10.1 Å². The molecule has 0 aliphatic carbocycles. The zero-order valence-corrected chi connectivity index (χ0v) is 17.4. The molecule has 1 N–H and O–H groups in total. The molecule has 2 aromatic heterocycles. The summed E-state index contributed by atoms with van der Waals surface area (Å²) in [5.74, 6) is 1.59. The second kappa shape index (κ2) is 9.21. The summed E-state index contributed by atoms with van der Waals surface area (Å²) in [4.78, 5) is 12.2. The first-order chi connectivity index (χ1) is 15.1. The van der Waals surface area contributed by atoms with Crippen LogP contribution in [-0.2, 0) is 11.2 Å². The zero-order valence-electron chi connectivity index (χ0n) is 17.4. The van der Waals surface area contributed by atoms with Gasteiger partial charge >= 0.3 is 0 Å². The summed E-state index contributed by atoms with van der Waals surface area (Å²) in [5.41, 5.74) is 3.77. The van der Waals surface area contributed by atoms with Gasteiger partial charge in [0.1, 0.15) is 5.75 Å². The van der Waals surface area contributed by atoms with Crippen LogP contribution < -0.4 is 10.1 Å². The van der Waals surface area contributed by atoms with Gasteiger partial charge in [-0.05, 0) is 62.2 Å². The molecule has 0 fully saturated rings. The van der Waals surface area contributed by atoms with Crippen molar-refractivity contribution in [2.75, 3.05) is 5.32 Å². The highest BCUT2D eigenvalue weighted by Crippen LogP contribution is 2.22. The molecule has 0 spiro atoms. The van der Waals surface area contributed by atoms with Crippen LogP contribution in [0.3, 0.4) is 0 Å². The van der Waals surface area contributed by atoms with Gasteiger partial charge in [0.2, 0.25) is 11.8 Å². The number of aromatic nitrogens is 4. The summed E-state index contributed by atoms with van der Waals surface area (Å²) >= 11 is 0. The van der Waals surface area contributed by atoms with Gasteiger partial charge in [-0.25, -0.2) is 4.68 Å². The number of ether oxygens (including phenoxy) is 1. The van der Waals surface area contributed by atoms with Gasteiger partial charge in [0, 0.05) is 23.9 Å². The molecule has 2 heterocycles. The van der Waals surface area contributed by atoms with E-state index in [4.69, 9.17) is 4.74 Å². The minimum atomic E-state index is -0.0249. The van der Waals surface area contributed by atoms with Crippen LogP contribution >= 0.6 is 0 Å². The lowest BCUT2D eigenvalue weighted by molar-refractivity contribution is -0.116. The van der Waals surface area contributed by atoms with Crippen molar-refractivity contribution in [2.45, 2.75) is 26.7 Å². The van der Waals surface area contributed by atoms with Crippen LogP contribution in [0.25, 0.3) is 5.82 Å². The van der Waals surface area contributed by atoms with Gasteiger partial charge in [0.05, 0.1) is 5.69 Å². The minimum absolute atomic E-state index is 0.0249. The van der Waals surface area contributed by atoms with E-state index in [1.54, 1.807) is 35.0 Å². The molecule has 0 aliphatic heterocycles. The van der Waals surface area contributed by atoms with Gasteiger partial charge in [-0.15, -0.1) is 10.2 Å². The average molecular weight is 413 g/mol. The molecule has 0 atom stereocenters. The van der Waals surface area contributed by atoms with E-state index in [9.17, 15) is 4.79 Å². The third kappa shape index (κ3) is 5.33. The molecule has 7 heteroatoms. The molecule has 31 heavy (non-hydrogen) atoms. The fourth-order valence-electron chi connectivity index (χ4n) is 3.19. The van der Waals surface area contributed by atoms with Gasteiger partial charge in [0.15, 0.2) is 5.82 Å². The number of nitrogens with one attached hydrogen (secondary N) is 1. The molecule has 0 bridgehead atoms. The highest BCUT2D eigenvalue weighted by molar-refractivity contribution is 5.90. The second-order valence-corrected chi connectivity index (χ2v) is 7.23. The predicted octanol–water partition coefficient (Wildman–Crippen LogP) is 4.64. The topological polar surface area (TPSA) is 81.9 Å². The molecule has 0 aliphatic rings. The van der Waals surface area contributed by atoms with Gasteiger partial charge in [-0.2, -0.15) is 5.10 Å². The molecular formula is C24H23N5O2. The van der Waals surface area contributed by atoms with Crippen molar-refractivity contribution in [2.24, 2.45) is 0 Å². The summed E-state index contributed by atoms with van der Waals surface area (Å²) in [6.45, 7) is 3.90.